The van der Waals surface area contributed by atoms with Gasteiger partial charge in [-0.2, -0.15) is 4.52 Å². The molecule has 7 nitrogen and oxygen atoms in total. The summed E-state index contributed by atoms with van der Waals surface area (Å²) in [5.41, 5.74) is -1.18. The molecule has 1 saturated heterocycles. The molecule has 2 aromatic heterocycles. The molecule has 0 aromatic carbocycles. The van der Waals surface area contributed by atoms with Crippen LogP contribution < -0.4 is 10.2 Å². The number of carbonyl (C=O) groups is 1. The number of anilines is 1. The number of carbonyl (C=O) groups excluding carboxylic acids is 1. The first-order valence-corrected chi connectivity index (χ1v) is 8.59. The van der Waals surface area contributed by atoms with Crippen LogP contribution >= 0.6 is 0 Å². The zero-order chi connectivity index (χ0) is 18.2. The molecule has 8 heteroatoms. The summed E-state index contributed by atoms with van der Waals surface area (Å²) in [6.45, 7) is 8.49. The van der Waals surface area contributed by atoms with Crippen molar-refractivity contribution < 1.29 is 9.18 Å². The Morgan fingerprint density at radius 2 is 1.96 bits per heavy atom. The third kappa shape index (κ3) is 3.72. The molecule has 25 heavy (non-hydrogen) atoms. The normalized spacial score (nSPS) is 17.7. The summed E-state index contributed by atoms with van der Waals surface area (Å²) in [5, 5.41) is 15.3. The maximum Gasteiger partial charge on any atom is 0.225 e. The van der Waals surface area contributed by atoms with Crippen LogP contribution in [0.1, 0.15) is 39.4 Å². The monoisotopic (exact) mass is 348 g/mol. The molecule has 0 radical (unpaired) electrons. The lowest BCUT2D eigenvalue weighted by Crippen LogP contribution is -2.50. The smallest absolute Gasteiger partial charge is 0.225 e. The van der Waals surface area contributed by atoms with Gasteiger partial charge in [-0.05, 0) is 19.1 Å². The second-order valence-electron chi connectivity index (χ2n) is 7.78. The molecule has 1 N–H and O–H groups in total. The van der Waals surface area contributed by atoms with Crippen LogP contribution in [0.5, 0.6) is 0 Å². The molecule has 1 aliphatic rings. The standard InChI is InChI=1S/C17H25FN6O/c1-12-20-21-13-5-6-14(22-24(12)13)23-9-7-17(18,8-10-23)11-19-15(25)16(2,3)4/h5-6H,7-11H2,1-4H3,(H,19,25). The highest BCUT2D eigenvalue weighted by molar-refractivity contribution is 5.81. The van der Waals surface area contributed by atoms with Crippen LogP contribution in [0.25, 0.3) is 5.65 Å². The van der Waals surface area contributed by atoms with E-state index in [1.165, 1.54) is 0 Å². The van der Waals surface area contributed by atoms with Crippen LogP contribution in [0.3, 0.4) is 0 Å². The fourth-order valence-electron chi connectivity index (χ4n) is 2.87. The van der Waals surface area contributed by atoms with E-state index in [4.69, 9.17) is 0 Å². The van der Waals surface area contributed by atoms with Crippen molar-refractivity contribution >= 4 is 17.4 Å². The largest absolute Gasteiger partial charge is 0.355 e. The number of amides is 1. The van der Waals surface area contributed by atoms with Gasteiger partial charge in [0.2, 0.25) is 5.91 Å². The van der Waals surface area contributed by atoms with E-state index in [1.54, 1.807) is 4.52 Å². The van der Waals surface area contributed by atoms with E-state index in [0.29, 0.717) is 31.6 Å². The van der Waals surface area contributed by atoms with Crippen LogP contribution in [0.2, 0.25) is 0 Å². The van der Waals surface area contributed by atoms with Crippen molar-refractivity contribution in [3.63, 3.8) is 0 Å². The first-order chi connectivity index (χ1) is 11.7. The predicted octanol–water partition coefficient (Wildman–Crippen LogP) is 1.90. The Labute approximate surface area is 146 Å². The van der Waals surface area contributed by atoms with Gasteiger partial charge in [-0.15, -0.1) is 15.3 Å². The minimum Gasteiger partial charge on any atom is -0.355 e. The van der Waals surface area contributed by atoms with Crippen molar-refractivity contribution in [2.24, 2.45) is 5.41 Å². The Hall–Kier alpha value is -2.25. The number of piperidine rings is 1. The third-order valence-corrected chi connectivity index (χ3v) is 4.64. The van der Waals surface area contributed by atoms with Gasteiger partial charge in [0.1, 0.15) is 11.5 Å². The highest BCUT2D eigenvalue weighted by Gasteiger charge is 2.36. The summed E-state index contributed by atoms with van der Waals surface area (Å²) in [7, 11) is 0. The number of fused-ring (bicyclic) bond motifs is 1. The SMILES string of the molecule is Cc1nnc2ccc(N3CCC(F)(CNC(=O)C(C)(C)C)CC3)nn12. The highest BCUT2D eigenvalue weighted by Crippen LogP contribution is 2.28. The van der Waals surface area contributed by atoms with Crippen LogP contribution in [0.4, 0.5) is 10.2 Å². The summed E-state index contributed by atoms with van der Waals surface area (Å²) < 4.78 is 16.7. The second-order valence-corrected chi connectivity index (χ2v) is 7.78. The van der Waals surface area contributed by atoms with E-state index in [-0.39, 0.29) is 12.5 Å². The average Bonchev–Trinajstić information content (AvgIpc) is 2.93. The second kappa shape index (κ2) is 6.24. The van der Waals surface area contributed by atoms with Crippen molar-refractivity contribution in [1.29, 1.82) is 0 Å². The van der Waals surface area contributed by atoms with E-state index in [0.717, 1.165) is 11.6 Å². The van der Waals surface area contributed by atoms with Gasteiger partial charge >= 0.3 is 0 Å². The number of aromatic nitrogens is 4. The van der Waals surface area contributed by atoms with Crippen LogP contribution in [0.15, 0.2) is 12.1 Å². The zero-order valence-corrected chi connectivity index (χ0v) is 15.2. The van der Waals surface area contributed by atoms with E-state index >= 15 is 0 Å². The van der Waals surface area contributed by atoms with Crippen molar-refractivity contribution in [1.82, 2.24) is 25.1 Å². The summed E-state index contributed by atoms with van der Waals surface area (Å²) in [4.78, 5) is 14.0. The van der Waals surface area contributed by atoms with Crippen LogP contribution in [-0.2, 0) is 4.79 Å². The molecule has 3 heterocycles. The Morgan fingerprint density at radius 3 is 2.60 bits per heavy atom. The molecule has 136 valence electrons. The molecular formula is C17H25FN6O. The maximum atomic E-state index is 15.0. The Morgan fingerprint density at radius 1 is 1.28 bits per heavy atom. The molecule has 1 fully saturated rings. The fraction of sp³-hybridized carbons (Fsp3) is 0.647. The van der Waals surface area contributed by atoms with E-state index in [1.807, 2.05) is 39.8 Å². The Balaban J connectivity index is 1.62. The third-order valence-electron chi connectivity index (χ3n) is 4.64. The quantitative estimate of drug-likeness (QED) is 0.917. The van der Waals surface area contributed by atoms with Gasteiger partial charge in [-0.1, -0.05) is 20.8 Å². The van der Waals surface area contributed by atoms with Crippen molar-refractivity contribution in [2.75, 3.05) is 24.5 Å². The lowest BCUT2D eigenvalue weighted by molar-refractivity contribution is -0.129. The minimum absolute atomic E-state index is 0.0634. The van der Waals surface area contributed by atoms with Gasteiger partial charge in [-0.25, -0.2) is 4.39 Å². The molecule has 3 rings (SSSR count). The van der Waals surface area contributed by atoms with Gasteiger partial charge in [0.25, 0.3) is 0 Å². The van der Waals surface area contributed by atoms with Crippen molar-refractivity contribution in [3.05, 3.63) is 18.0 Å². The maximum absolute atomic E-state index is 15.0. The summed E-state index contributed by atoms with van der Waals surface area (Å²) >= 11 is 0. The number of nitrogens with one attached hydrogen (secondary N) is 1. The summed E-state index contributed by atoms with van der Waals surface area (Å²) in [5.74, 6) is 1.39. The topological polar surface area (TPSA) is 75.4 Å². The number of hydrogen-bond donors (Lipinski definition) is 1. The van der Waals surface area contributed by atoms with Gasteiger partial charge in [0.15, 0.2) is 11.5 Å². The average molecular weight is 348 g/mol. The number of nitrogens with zero attached hydrogens (tertiary/aromatic N) is 5. The minimum atomic E-state index is -1.37. The molecule has 2 aromatic rings. The molecule has 0 spiro atoms. The highest BCUT2D eigenvalue weighted by atomic mass is 19.1. The van der Waals surface area contributed by atoms with Crippen molar-refractivity contribution in [3.8, 4) is 0 Å². The Bertz CT molecular complexity index is 773. The molecule has 0 atom stereocenters. The molecule has 0 aliphatic carbocycles. The van der Waals surface area contributed by atoms with Gasteiger partial charge in [0.05, 0.1) is 6.54 Å². The van der Waals surface area contributed by atoms with Gasteiger partial charge in [0, 0.05) is 31.3 Å². The molecule has 1 amide bonds. The lowest BCUT2D eigenvalue weighted by atomic mass is 9.91. The number of alkyl halides is 1. The number of rotatable bonds is 3. The molecule has 0 bridgehead atoms. The molecular weight excluding hydrogens is 323 g/mol. The summed E-state index contributed by atoms with van der Waals surface area (Å²) in [6, 6.07) is 3.75. The van der Waals surface area contributed by atoms with Gasteiger partial charge < -0.3 is 10.2 Å². The fourth-order valence-corrected chi connectivity index (χ4v) is 2.87. The first-order valence-electron chi connectivity index (χ1n) is 8.59. The van der Waals surface area contributed by atoms with E-state index < -0.39 is 11.1 Å². The molecule has 1 aliphatic heterocycles. The van der Waals surface area contributed by atoms with Crippen LogP contribution in [0, 0.1) is 12.3 Å². The number of aryl methyl sites for hydroxylation is 1. The first kappa shape index (κ1) is 17.6. The van der Waals surface area contributed by atoms with Crippen molar-refractivity contribution in [2.45, 2.75) is 46.2 Å². The lowest BCUT2D eigenvalue weighted by Gasteiger charge is -2.37. The molecule has 0 saturated carbocycles. The van der Waals surface area contributed by atoms with Crippen LogP contribution in [-0.4, -0.2) is 51.0 Å². The van der Waals surface area contributed by atoms with Gasteiger partial charge in [-0.3, -0.25) is 4.79 Å². The van der Waals surface area contributed by atoms with E-state index in [2.05, 4.69) is 25.5 Å². The summed E-state index contributed by atoms with van der Waals surface area (Å²) in [6.07, 6.45) is 0.719. The predicted molar refractivity (Wildman–Crippen MR) is 93.3 cm³/mol. The van der Waals surface area contributed by atoms with E-state index in [9.17, 15) is 9.18 Å². The zero-order valence-electron chi connectivity index (χ0n) is 15.2. The Kier molecular flexibility index (Phi) is 4.38. The number of hydrogen-bond acceptors (Lipinski definition) is 5. The number of halogens is 1. The molecule has 0 unspecified atom stereocenters.